The third kappa shape index (κ3) is 5.00. The topological polar surface area (TPSA) is 56.9 Å². The van der Waals surface area contributed by atoms with Crippen molar-refractivity contribution in [3.8, 4) is 0 Å². The fourth-order valence-corrected chi connectivity index (χ4v) is 2.67. The van der Waals surface area contributed by atoms with Gasteiger partial charge in [0.25, 0.3) is 0 Å². The molecule has 0 saturated carbocycles. The predicted molar refractivity (Wildman–Crippen MR) is 94.5 cm³/mol. The van der Waals surface area contributed by atoms with Crippen molar-refractivity contribution in [1.82, 2.24) is 9.80 Å². The van der Waals surface area contributed by atoms with Crippen LogP contribution in [-0.2, 0) is 6.42 Å². The van der Waals surface area contributed by atoms with Crippen LogP contribution in [0.15, 0.2) is 29.3 Å². The van der Waals surface area contributed by atoms with Crippen molar-refractivity contribution in [1.29, 1.82) is 0 Å². The maximum absolute atomic E-state index is 6.01. The molecule has 1 saturated heterocycles. The van der Waals surface area contributed by atoms with Crippen LogP contribution < -0.4 is 11.1 Å². The lowest BCUT2D eigenvalue weighted by molar-refractivity contribution is 0.122. The molecule has 1 heterocycles. The van der Waals surface area contributed by atoms with Crippen molar-refractivity contribution in [3.63, 3.8) is 0 Å². The molecule has 2 rings (SSSR count). The first-order chi connectivity index (χ1) is 10.6. The fourth-order valence-electron chi connectivity index (χ4n) is 2.67. The Morgan fingerprint density at radius 2 is 2.05 bits per heavy atom. The fraction of sp³-hybridized carbons (Fsp3) is 0.588. The van der Waals surface area contributed by atoms with Crippen LogP contribution >= 0.6 is 0 Å². The van der Waals surface area contributed by atoms with E-state index in [1.165, 1.54) is 5.56 Å². The second-order valence-corrected chi connectivity index (χ2v) is 6.09. The van der Waals surface area contributed by atoms with Gasteiger partial charge in [-0.1, -0.05) is 19.1 Å². The zero-order valence-corrected chi connectivity index (χ0v) is 14.0. The molecule has 3 N–H and O–H groups in total. The lowest BCUT2D eigenvalue weighted by Gasteiger charge is -2.35. The maximum Gasteiger partial charge on any atom is 0.193 e. The van der Waals surface area contributed by atoms with E-state index in [0.29, 0.717) is 12.0 Å². The Bertz CT molecular complexity index is 492. The molecule has 1 fully saturated rings. The molecule has 0 aromatic heterocycles. The molecule has 122 valence electrons. The highest BCUT2D eigenvalue weighted by Gasteiger charge is 2.18. The van der Waals surface area contributed by atoms with Gasteiger partial charge < -0.3 is 16.0 Å². The highest BCUT2D eigenvalue weighted by molar-refractivity contribution is 5.92. The number of hydrogen-bond donors (Lipinski definition) is 2. The number of nitrogens with two attached hydrogens (primary N) is 1. The predicted octanol–water partition coefficient (Wildman–Crippen LogP) is 1.61. The molecule has 0 amide bonds. The van der Waals surface area contributed by atoms with Crippen LogP contribution in [-0.4, -0.2) is 61.6 Å². The SMILES string of the molecule is CCc1cccc(NC(N)=NCC(C)N2CCN(C)CC2)c1. The summed E-state index contributed by atoms with van der Waals surface area (Å²) in [7, 11) is 2.17. The number of guanidine groups is 1. The van der Waals surface area contributed by atoms with Crippen molar-refractivity contribution >= 4 is 11.6 Å². The summed E-state index contributed by atoms with van der Waals surface area (Å²) in [4.78, 5) is 9.34. The van der Waals surface area contributed by atoms with E-state index >= 15 is 0 Å². The number of nitrogens with zero attached hydrogens (tertiary/aromatic N) is 3. The van der Waals surface area contributed by atoms with Gasteiger partial charge in [0.15, 0.2) is 5.96 Å². The summed E-state index contributed by atoms with van der Waals surface area (Å²) in [5.41, 5.74) is 8.31. The summed E-state index contributed by atoms with van der Waals surface area (Å²) in [5.74, 6) is 0.495. The molecule has 0 bridgehead atoms. The zero-order chi connectivity index (χ0) is 15.9. The summed E-state index contributed by atoms with van der Waals surface area (Å²) in [6.45, 7) is 9.58. The minimum atomic E-state index is 0.427. The number of likely N-dealkylation sites (N-methyl/N-ethyl adjacent to an activating group) is 1. The van der Waals surface area contributed by atoms with Gasteiger partial charge in [0.1, 0.15) is 0 Å². The van der Waals surface area contributed by atoms with E-state index in [1.54, 1.807) is 0 Å². The number of piperazine rings is 1. The van der Waals surface area contributed by atoms with Gasteiger partial charge in [-0.05, 0) is 38.1 Å². The Morgan fingerprint density at radius 3 is 2.73 bits per heavy atom. The number of aryl methyl sites for hydroxylation is 1. The molecule has 0 aliphatic carbocycles. The number of nitrogens with one attached hydrogen (secondary N) is 1. The van der Waals surface area contributed by atoms with Crippen LogP contribution in [0.3, 0.4) is 0 Å². The molecule has 1 aliphatic rings. The van der Waals surface area contributed by atoms with Gasteiger partial charge in [-0.3, -0.25) is 9.89 Å². The first-order valence-corrected chi connectivity index (χ1v) is 8.17. The lowest BCUT2D eigenvalue weighted by atomic mass is 10.1. The molecule has 1 atom stereocenters. The Balaban J connectivity index is 1.83. The van der Waals surface area contributed by atoms with Crippen LogP contribution in [0.4, 0.5) is 5.69 Å². The Morgan fingerprint density at radius 1 is 1.32 bits per heavy atom. The third-order valence-corrected chi connectivity index (χ3v) is 4.29. The van der Waals surface area contributed by atoms with Crippen LogP contribution in [0.1, 0.15) is 19.4 Å². The minimum Gasteiger partial charge on any atom is -0.370 e. The van der Waals surface area contributed by atoms with Gasteiger partial charge in [-0.25, -0.2) is 0 Å². The van der Waals surface area contributed by atoms with Crippen LogP contribution in [0.2, 0.25) is 0 Å². The Labute approximate surface area is 134 Å². The van der Waals surface area contributed by atoms with Gasteiger partial charge in [-0.2, -0.15) is 0 Å². The summed E-state index contributed by atoms with van der Waals surface area (Å²) < 4.78 is 0. The molecule has 1 aromatic rings. The van der Waals surface area contributed by atoms with Gasteiger partial charge in [0.2, 0.25) is 0 Å². The van der Waals surface area contributed by atoms with Crippen molar-refractivity contribution < 1.29 is 0 Å². The van der Waals surface area contributed by atoms with E-state index in [1.807, 2.05) is 12.1 Å². The van der Waals surface area contributed by atoms with Gasteiger partial charge in [-0.15, -0.1) is 0 Å². The second-order valence-electron chi connectivity index (χ2n) is 6.09. The van der Waals surface area contributed by atoms with E-state index in [4.69, 9.17) is 5.73 Å². The van der Waals surface area contributed by atoms with E-state index in [9.17, 15) is 0 Å². The monoisotopic (exact) mass is 303 g/mol. The highest BCUT2D eigenvalue weighted by atomic mass is 15.3. The largest absolute Gasteiger partial charge is 0.370 e. The number of aliphatic imine (C=N–C) groups is 1. The van der Waals surface area contributed by atoms with E-state index in [0.717, 1.165) is 44.8 Å². The normalized spacial score (nSPS) is 19.1. The molecular formula is C17H29N5. The van der Waals surface area contributed by atoms with Crippen LogP contribution in [0.25, 0.3) is 0 Å². The molecule has 1 aromatic carbocycles. The smallest absolute Gasteiger partial charge is 0.193 e. The highest BCUT2D eigenvalue weighted by Crippen LogP contribution is 2.11. The zero-order valence-electron chi connectivity index (χ0n) is 14.0. The first kappa shape index (κ1) is 16.8. The molecule has 0 radical (unpaired) electrons. The molecule has 0 spiro atoms. The molecule has 5 heteroatoms. The maximum atomic E-state index is 6.01. The standard InChI is InChI=1S/C17H29N5/c1-4-15-6-5-7-16(12-15)20-17(18)19-13-14(2)22-10-8-21(3)9-11-22/h5-7,12,14H,4,8-11,13H2,1-3H3,(H3,18,19,20). The van der Waals surface area contributed by atoms with Gasteiger partial charge >= 0.3 is 0 Å². The van der Waals surface area contributed by atoms with Crippen LogP contribution in [0.5, 0.6) is 0 Å². The molecule has 1 aliphatic heterocycles. The van der Waals surface area contributed by atoms with Crippen molar-refractivity contribution in [3.05, 3.63) is 29.8 Å². The minimum absolute atomic E-state index is 0.427. The Hall–Kier alpha value is -1.59. The van der Waals surface area contributed by atoms with Crippen molar-refractivity contribution in [2.24, 2.45) is 10.7 Å². The summed E-state index contributed by atoms with van der Waals surface area (Å²) in [5, 5.41) is 3.18. The van der Waals surface area contributed by atoms with Crippen LogP contribution in [0, 0.1) is 0 Å². The molecule has 22 heavy (non-hydrogen) atoms. The molecular weight excluding hydrogens is 274 g/mol. The second kappa shape index (κ2) is 8.15. The quantitative estimate of drug-likeness (QED) is 0.641. The molecule has 1 unspecified atom stereocenters. The van der Waals surface area contributed by atoms with Gasteiger partial charge in [0, 0.05) is 37.9 Å². The summed E-state index contributed by atoms with van der Waals surface area (Å²) >= 11 is 0. The van der Waals surface area contributed by atoms with Crippen molar-refractivity contribution in [2.45, 2.75) is 26.3 Å². The third-order valence-electron chi connectivity index (χ3n) is 4.29. The van der Waals surface area contributed by atoms with E-state index in [2.05, 4.69) is 53.1 Å². The summed E-state index contributed by atoms with van der Waals surface area (Å²) in [6, 6.07) is 8.73. The number of anilines is 1. The average Bonchev–Trinajstić information content (AvgIpc) is 2.53. The average molecular weight is 303 g/mol. The Kier molecular flexibility index (Phi) is 6.21. The van der Waals surface area contributed by atoms with Gasteiger partial charge in [0.05, 0.1) is 6.54 Å². The van der Waals surface area contributed by atoms with E-state index in [-0.39, 0.29) is 0 Å². The number of rotatable bonds is 5. The summed E-state index contributed by atoms with van der Waals surface area (Å²) in [6.07, 6.45) is 1.02. The first-order valence-electron chi connectivity index (χ1n) is 8.17. The lowest BCUT2D eigenvalue weighted by Crippen LogP contribution is -2.49. The van der Waals surface area contributed by atoms with Crippen molar-refractivity contribution in [2.75, 3.05) is 45.1 Å². The number of hydrogen-bond acceptors (Lipinski definition) is 3. The van der Waals surface area contributed by atoms with E-state index < -0.39 is 0 Å². The molecule has 5 nitrogen and oxygen atoms in total. The number of benzene rings is 1.